The number of hydrogen-bond donors (Lipinski definition) is 0. The summed E-state index contributed by atoms with van der Waals surface area (Å²) in [6.45, 7) is 4.29. The summed E-state index contributed by atoms with van der Waals surface area (Å²) in [6, 6.07) is 6.98. The van der Waals surface area contributed by atoms with Crippen LogP contribution in [-0.4, -0.2) is 12.8 Å². The van der Waals surface area contributed by atoms with Gasteiger partial charge < -0.3 is 14.2 Å². The Morgan fingerprint density at radius 2 is 2.10 bits per heavy atom. The lowest BCUT2D eigenvalue weighted by molar-refractivity contribution is 0.0739. The highest BCUT2D eigenvalue weighted by molar-refractivity contribution is 7.14. The molecule has 0 saturated carbocycles. The Kier molecular flexibility index (Phi) is 3.36. The molecule has 0 unspecified atom stereocenters. The number of benzene rings is 1. The number of fused-ring (bicyclic) bond motifs is 1. The molecule has 1 aromatic heterocycles. The van der Waals surface area contributed by atoms with Gasteiger partial charge in [-0.1, -0.05) is 6.92 Å². The van der Waals surface area contributed by atoms with E-state index in [-0.39, 0.29) is 12.8 Å². The van der Waals surface area contributed by atoms with E-state index >= 15 is 0 Å². The summed E-state index contributed by atoms with van der Waals surface area (Å²) in [7, 11) is 0. The zero-order valence-electron chi connectivity index (χ0n) is 11.3. The number of hydrogen-bond acceptors (Lipinski definition) is 5. The fourth-order valence-electron chi connectivity index (χ4n) is 2.07. The van der Waals surface area contributed by atoms with E-state index in [2.05, 4.69) is 6.92 Å². The highest BCUT2D eigenvalue weighted by Gasteiger charge is 2.17. The van der Waals surface area contributed by atoms with Gasteiger partial charge >= 0.3 is 5.97 Å². The van der Waals surface area contributed by atoms with E-state index in [0.717, 1.165) is 12.0 Å². The minimum absolute atomic E-state index is 0.205. The predicted octanol–water partition coefficient (Wildman–Crippen LogP) is 3.57. The van der Waals surface area contributed by atoms with Crippen LogP contribution in [0, 0.1) is 6.92 Å². The van der Waals surface area contributed by atoms with Crippen LogP contribution in [0.15, 0.2) is 24.3 Å². The van der Waals surface area contributed by atoms with Crippen molar-refractivity contribution in [3.8, 4) is 17.2 Å². The van der Waals surface area contributed by atoms with Gasteiger partial charge in [-0.2, -0.15) is 0 Å². The number of rotatable bonds is 3. The molecule has 1 aliphatic rings. The highest BCUT2D eigenvalue weighted by atomic mass is 32.1. The van der Waals surface area contributed by atoms with Crippen molar-refractivity contribution >= 4 is 17.3 Å². The molecule has 0 radical (unpaired) electrons. The molecule has 0 fully saturated rings. The van der Waals surface area contributed by atoms with E-state index in [1.54, 1.807) is 18.2 Å². The maximum absolute atomic E-state index is 12.1. The van der Waals surface area contributed by atoms with Crippen LogP contribution in [0.1, 0.15) is 27.0 Å². The first-order chi connectivity index (χ1) is 9.67. The lowest BCUT2D eigenvalue weighted by Gasteiger charge is -2.03. The molecule has 2 heterocycles. The van der Waals surface area contributed by atoms with E-state index in [4.69, 9.17) is 14.2 Å². The number of carbonyl (C=O) groups excluding carboxylic acids is 1. The molecule has 0 amide bonds. The number of ether oxygens (including phenoxy) is 3. The molecule has 3 rings (SSSR count). The first-order valence-electron chi connectivity index (χ1n) is 6.38. The average molecular weight is 290 g/mol. The molecule has 0 aliphatic carbocycles. The third-order valence-electron chi connectivity index (χ3n) is 3.10. The number of aryl methyl sites for hydroxylation is 2. The van der Waals surface area contributed by atoms with Crippen LogP contribution >= 0.6 is 11.3 Å². The molecule has 0 spiro atoms. The second kappa shape index (κ2) is 5.17. The molecular formula is C15H14O4S. The Morgan fingerprint density at radius 3 is 2.85 bits per heavy atom. The van der Waals surface area contributed by atoms with E-state index in [1.807, 2.05) is 13.0 Å². The second-order valence-electron chi connectivity index (χ2n) is 4.47. The smallest absolute Gasteiger partial charge is 0.353 e. The summed E-state index contributed by atoms with van der Waals surface area (Å²) < 4.78 is 15.8. The first-order valence-corrected chi connectivity index (χ1v) is 7.20. The molecule has 1 aliphatic heterocycles. The zero-order valence-corrected chi connectivity index (χ0v) is 12.1. The molecule has 0 saturated heterocycles. The lowest BCUT2D eigenvalue weighted by atomic mass is 10.2. The Labute approximate surface area is 120 Å². The Hall–Kier alpha value is -2.01. The summed E-state index contributed by atoms with van der Waals surface area (Å²) in [5.74, 6) is 1.40. The van der Waals surface area contributed by atoms with Crippen LogP contribution in [-0.2, 0) is 6.42 Å². The molecule has 1 aromatic carbocycles. The average Bonchev–Trinajstić information content (AvgIpc) is 3.04. The lowest BCUT2D eigenvalue weighted by Crippen LogP contribution is -2.06. The van der Waals surface area contributed by atoms with Crippen LogP contribution in [0.3, 0.4) is 0 Å². The fraction of sp³-hybridized carbons (Fsp3) is 0.267. The summed E-state index contributed by atoms with van der Waals surface area (Å²) in [6.07, 6.45) is 0.924. The van der Waals surface area contributed by atoms with Crippen molar-refractivity contribution in [3.63, 3.8) is 0 Å². The van der Waals surface area contributed by atoms with Gasteiger partial charge in [0.1, 0.15) is 10.6 Å². The second-order valence-corrected chi connectivity index (χ2v) is 5.61. The van der Waals surface area contributed by atoms with Crippen molar-refractivity contribution in [2.45, 2.75) is 20.3 Å². The van der Waals surface area contributed by atoms with Crippen molar-refractivity contribution in [2.75, 3.05) is 6.79 Å². The van der Waals surface area contributed by atoms with E-state index in [0.29, 0.717) is 22.1 Å². The van der Waals surface area contributed by atoms with Crippen LogP contribution in [0.2, 0.25) is 0 Å². The van der Waals surface area contributed by atoms with Gasteiger partial charge in [0, 0.05) is 10.9 Å². The van der Waals surface area contributed by atoms with E-state index in [1.165, 1.54) is 16.2 Å². The zero-order chi connectivity index (χ0) is 14.1. The van der Waals surface area contributed by atoms with Gasteiger partial charge in [0.15, 0.2) is 11.5 Å². The molecule has 0 atom stereocenters. The van der Waals surface area contributed by atoms with Crippen LogP contribution < -0.4 is 14.2 Å². The third-order valence-corrected chi connectivity index (χ3v) is 4.46. The normalized spacial score (nSPS) is 12.5. The fourth-order valence-corrected chi connectivity index (χ4v) is 3.06. The maximum Gasteiger partial charge on any atom is 0.353 e. The topological polar surface area (TPSA) is 44.8 Å². The number of thiophene rings is 1. The van der Waals surface area contributed by atoms with Crippen molar-refractivity contribution in [1.82, 2.24) is 0 Å². The molecule has 0 bridgehead atoms. The predicted molar refractivity (Wildman–Crippen MR) is 76.0 cm³/mol. The van der Waals surface area contributed by atoms with Gasteiger partial charge in [-0.25, -0.2) is 4.79 Å². The number of esters is 1. The van der Waals surface area contributed by atoms with Crippen molar-refractivity contribution in [2.24, 2.45) is 0 Å². The van der Waals surface area contributed by atoms with Crippen molar-refractivity contribution < 1.29 is 19.0 Å². The minimum Gasteiger partial charge on any atom is -0.454 e. The van der Waals surface area contributed by atoms with Crippen LogP contribution in [0.25, 0.3) is 0 Å². The quantitative estimate of drug-likeness (QED) is 0.640. The summed E-state index contributed by atoms with van der Waals surface area (Å²) in [4.78, 5) is 13.9. The third kappa shape index (κ3) is 2.36. The maximum atomic E-state index is 12.1. The van der Waals surface area contributed by atoms with E-state index in [9.17, 15) is 4.79 Å². The minimum atomic E-state index is -0.336. The largest absolute Gasteiger partial charge is 0.454 e. The van der Waals surface area contributed by atoms with Crippen molar-refractivity contribution in [1.29, 1.82) is 0 Å². The monoisotopic (exact) mass is 290 g/mol. The Balaban J connectivity index is 1.78. The van der Waals surface area contributed by atoms with Gasteiger partial charge in [0.2, 0.25) is 6.79 Å². The van der Waals surface area contributed by atoms with E-state index < -0.39 is 0 Å². The van der Waals surface area contributed by atoms with Crippen LogP contribution in [0.4, 0.5) is 0 Å². The van der Waals surface area contributed by atoms with Gasteiger partial charge in [0.05, 0.1) is 0 Å². The first kappa shape index (κ1) is 13.0. The summed E-state index contributed by atoms with van der Waals surface area (Å²) in [5.41, 5.74) is 1.13. The molecule has 20 heavy (non-hydrogen) atoms. The van der Waals surface area contributed by atoms with Gasteiger partial charge in [-0.3, -0.25) is 0 Å². The van der Waals surface area contributed by atoms with Gasteiger partial charge in [-0.15, -0.1) is 11.3 Å². The molecule has 0 N–H and O–H groups in total. The van der Waals surface area contributed by atoms with Crippen LogP contribution in [0.5, 0.6) is 17.2 Å². The Bertz CT molecular complexity index is 660. The van der Waals surface area contributed by atoms with Gasteiger partial charge in [0.25, 0.3) is 0 Å². The highest BCUT2D eigenvalue weighted by Crippen LogP contribution is 2.35. The molecular weight excluding hydrogens is 276 g/mol. The van der Waals surface area contributed by atoms with Gasteiger partial charge in [-0.05, 0) is 37.1 Å². The molecule has 4 nitrogen and oxygen atoms in total. The molecule has 5 heteroatoms. The SMILES string of the molecule is CCc1sc(C(=O)Oc2ccc3c(c2)OCO3)cc1C. The molecule has 2 aromatic rings. The van der Waals surface area contributed by atoms with Crippen molar-refractivity contribution in [3.05, 3.63) is 39.6 Å². The summed E-state index contributed by atoms with van der Waals surface area (Å²) in [5, 5.41) is 0. The summed E-state index contributed by atoms with van der Waals surface area (Å²) >= 11 is 1.48. The molecule has 104 valence electrons. The Morgan fingerprint density at radius 1 is 1.30 bits per heavy atom. The standard InChI is InChI=1S/C15H14O4S/c1-3-13-9(2)6-14(20-13)15(16)19-10-4-5-11-12(7-10)18-8-17-11/h4-7H,3,8H2,1-2H3. The number of carbonyl (C=O) groups is 1.